The summed E-state index contributed by atoms with van der Waals surface area (Å²) in [5.74, 6) is -0.230. The first-order valence-corrected chi connectivity index (χ1v) is 4.43. The van der Waals surface area contributed by atoms with Gasteiger partial charge in [0, 0.05) is 19.5 Å². The molecule has 0 spiro atoms. The summed E-state index contributed by atoms with van der Waals surface area (Å²) in [6.07, 6.45) is 5.50. The summed E-state index contributed by atoms with van der Waals surface area (Å²) < 4.78 is 11.5. The molecule has 5 heteroatoms. The first-order valence-electron chi connectivity index (χ1n) is 4.43. The van der Waals surface area contributed by atoms with E-state index in [-0.39, 0.29) is 5.97 Å². The van der Waals surface area contributed by atoms with Gasteiger partial charge in [-0.15, -0.1) is 0 Å². The van der Waals surface area contributed by atoms with Crippen LogP contribution in [0.5, 0.6) is 0 Å². The fraction of sp³-hybridized carbons (Fsp3) is 0.556. The lowest BCUT2D eigenvalue weighted by molar-refractivity contribution is -0.144. The molecule has 0 bridgehead atoms. The summed E-state index contributed by atoms with van der Waals surface area (Å²) in [4.78, 5) is 14.9. The molecule has 0 atom stereocenters. The summed E-state index contributed by atoms with van der Waals surface area (Å²) in [6.45, 7) is 1.42. The average molecular weight is 198 g/mol. The van der Waals surface area contributed by atoms with Gasteiger partial charge >= 0.3 is 5.97 Å². The van der Waals surface area contributed by atoms with Crippen LogP contribution in [0.15, 0.2) is 18.7 Å². The van der Waals surface area contributed by atoms with Crippen LogP contribution >= 0.6 is 0 Å². The van der Waals surface area contributed by atoms with Crippen LogP contribution < -0.4 is 0 Å². The number of rotatable bonds is 6. The van der Waals surface area contributed by atoms with Crippen molar-refractivity contribution in [3.05, 3.63) is 18.7 Å². The van der Waals surface area contributed by atoms with Crippen LogP contribution in [0.4, 0.5) is 0 Å². The van der Waals surface area contributed by atoms with Gasteiger partial charge in [0.15, 0.2) is 0 Å². The van der Waals surface area contributed by atoms with Crippen molar-refractivity contribution in [2.75, 3.05) is 20.3 Å². The van der Waals surface area contributed by atoms with E-state index in [0.29, 0.717) is 26.2 Å². The molecule has 0 aliphatic heterocycles. The van der Waals surface area contributed by atoms with Crippen LogP contribution in [0.2, 0.25) is 0 Å². The van der Waals surface area contributed by atoms with Gasteiger partial charge in [-0.1, -0.05) is 0 Å². The molecule has 78 valence electrons. The quantitative estimate of drug-likeness (QED) is 0.623. The zero-order valence-corrected chi connectivity index (χ0v) is 8.18. The molecule has 0 aliphatic rings. The second-order valence-corrected chi connectivity index (χ2v) is 2.76. The number of nitrogens with zero attached hydrogens (tertiary/aromatic N) is 2. The third kappa shape index (κ3) is 4.04. The van der Waals surface area contributed by atoms with Crippen molar-refractivity contribution in [3.8, 4) is 0 Å². The van der Waals surface area contributed by atoms with E-state index in [2.05, 4.69) is 4.98 Å². The summed E-state index contributed by atoms with van der Waals surface area (Å²) in [5, 5.41) is 0. The number of hydrogen-bond donors (Lipinski definition) is 0. The molecule has 0 aromatic carbocycles. The number of carbonyl (C=O) groups is 1. The SMILES string of the molecule is COCCC(=O)OCCn1ccnc1. The number of imidazole rings is 1. The van der Waals surface area contributed by atoms with Crippen LogP contribution in [0.1, 0.15) is 6.42 Å². The lowest BCUT2D eigenvalue weighted by atomic mass is 10.5. The van der Waals surface area contributed by atoms with Gasteiger partial charge < -0.3 is 14.0 Å². The van der Waals surface area contributed by atoms with Crippen LogP contribution in [0, 0.1) is 0 Å². The van der Waals surface area contributed by atoms with Gasteiger partial charge in [0.25, 0.3) is 0 Å². The Balaban J connectivity index is 2.06. The summed E-state index contributed by atoms with van der Waals surface area (Å²) >= 11 is 0. The lowest BCUT2D eigenvalue weighted by Gasteiger charge is -2.04. The Kier molecular flexibility index (Phi) is 4.71. The fourth-order valence-electron chi connectivity index (χ4n) is 0.941. The molecule has 0 amide bonds. The van der Waals surface area contributed by atoms with Crippen LogP contribution in [0.25, 0.3) is 0 Å². The van der Waals surface area contributed by atoms with E-state index >= 15 is 0 Å². The van der Waals surface area contributed by atoms with Crippen molar-refractivity contribution in [3.63, 3.8) is 0 Å². The van der Waals surface area contributed by atoms with Crippen molar-refractivity contribution in [1.29, 1.82) is 0 Å². The van der Waals surface area contributed by atoms with Crippen LogP contribution in [-0.4, -0.2) is 35.8 Å². The maximum atomic E-state index is 11.0. The Bertz CT molecular complexity index is 259. The number of carbonyl (C=O) groups excluding carboxylic acids is 1. The Hall–Kier alpha value is -1.36. The molecular weight excluding hydrogens is 184 g/mol. The third-order valence-electron chi connectivity index (χ3n) is 1.68. The Morgan fingerprint density at radius 1 is 1.50 bits per heavy atom. The molecule has 5 nitrogen and oxygen atoms in total. The van der Waals surface area contributed by atoms with E-state index in [9.17, 15) is 4.79 Å². The van der Waals surface area contributed by atoms with Gasteiger partial charge in [-0.25, -0.2) is 4.98 Å². The average Bonchev–Trinajstić information content (AvgIpc) is 2.67. The summed E-state index contributed by atoms with van der Waals surface area (Å²) in [6, 6.07) is 0. The predicted molar refractivity (Wildman–Crippen MR) is 49.7 cm³/mol. The molecule has 0 saturated carbocycles. The molecule has 0 fully saturated rings. The van der Waals surface area contributed by atoms with Crippen LogP contribution in [0.3, 0.4) is 0 Å². The van der Waals surface area contributed by atoms with Crippen LogP contribution in [-0.2, 0) is 20.8 Å². The van der Waals surface area contributed by atoms with Gasteiger partial charge in [-0.2, -0.15) is 0 Å². The number of ether oxygens (including phenoxy) is 2. The molecule has 1 aromatic rings. The van der Waals surface area contributed by atoms with Crippen molar-refractivity contribution in [2.45, 2.75) is 13.0 Å². The Morgan fingerprint density at radius 2 is 2.36 bits per heavy atom. The molecule has 0 N–H and O–H groups in total. The first-order chi connectivity index (χ1) is 6.83. The second kappa shape index (κ2) is 6.15. The highest BCUT2D eigenvalue weighted by Crippen LogP contribution is 1.90. The number of methoxy groups -OCH3 is 1. The molecule has 0 unspecified atom stereocenters. The van der Waals surface area contributed by atoms with Gasteiger partial charge in [-0.05, 0) is 0 Å². The van der Waals surface area contributed by atoms with E-state index in [4.69, 9.17) is 9.47 Å². The van der Waals surface area contributed by atoms with Gasteiger partial charge in [0.05, 0.1) is 25.9 Å². The molecule has 14 heavy (non-hydrogen) atoms. The van der Waals surface area contributed by atoms with E-state index in [1.165, 1.54) is 0 Å². The largest absolute Gasteiger partial charge is 0.464 e. The predicted octanol–water partition coefficient (Wildman–Crippen LogP) is 0.463. The topological polar surface area (TPSA) is 53.4 Å². The minimum absolute atomic E-state index is 0.230. The maximum Gasteiger partial charge on any atom is 0.308 e. The van der Waals surface area contributed by atoms with Crippen molar-refractivity contribution >= 4 is 5.97 Å². The number of aromatic nitrogens is 2. The molecule has 0 aliphatic carbocycles. The van der Waals surface area contributed by atoms with E-state index in [1.54, 1.807) is 19.6 Å². The van der Waals surface area contributed by atoms with Gasteiger partial charge in [-0.3, -0.25) is 4.79 Å². The standard InChI is InChI=1S/C9H14N2O3/c1-13-6-2-9(12)14-7-5-11-4-3-10-8-11/h3-4,8H,2,5-7H2,1H3. The number of hydrogen-bond acceptors (Lipinski definition) is 4. The molecule has 0 radical (unpaired) electrons. The van der Waals surface area contributed by atoms with Crippen molar-refractivity contribution in [1.82, 2.24) is 9.55 Å². The zero-order valence-electron chi connectivity index (χ0n) is 8.18. The first kappa shape index (κ1) is 10.7. The monoisotopic (exact) mass is 198 g/mol. The zero-order chi connectivity index (χ0) is 10.2. The highest BCUT2D eigenvalue weighted by Gasteiger charge is 2.01. The van der Waals surface area contributed by atoms with E-state index < -0.39 is 0 Å². The summed E-state index contributed by atoms with van der Waals surface area (Å²) in [7, 11) is 1.55. The normalized spacial score (nSPS) is 10.1. The minimum atomic E-state index is -0.230. The van der Waals surface area contributed by atoms with Gasteiger partial charge in [0.1, 0.15) is 6.61 Å². The third-order valence-corrected chi connectivity index (χ3v) is 1.68. The second-order valence-electron chi connectivity index (χ2n) is 2.76. The number of esters is 1. The van der Waals surface area contributed by atoms with Gasteiger partial charge in [0.2, 0.25) is 0 Å². The van der Waals surface area contributed by atoms with Crippen molar-refractivity contribution in [2.24, 2.45) is 0 Å². The molecule has 1 aromatic heterocycles. The summed E-state index contributed by atoms with van der Waals surface area (Å²) in [5.41, 5.74) is 0. The lowest BCUT2D eigenvalue weighted by Crippen LogP contribution is -2.11. The maximum absolute atomic E-state index is 11.0. The van der Waals surface area contributed by atoms with E-state index in [0.717, 1.165) is 0 Å². The fourth-order valence-corrected chi connectivity index (χ4v) is 0.941. The Labute approximate surface area is 82.6 Å². The minimum Gasteiger partial charge on any atom is -0.464 e. The molecular formula is C9H14N2O3. The molecule has 1 heterocycles. The highest BCUT2D eigenvalue weighted by molar-refractivity contribution is 5.69. The Morgan fingerprint density at radius 3 is 3.00 bits per heavy atom. The molecule has 0 saturated heterocycles. The smallest absolute Gasteiger partial charge is 0.308 e. The molecule has 1 rings (SSSR count). The highest BCUT2D eigenvalue weighted by atomic mass is 16.5. The van der Waals surface area contributed by atoms with Crippen molar-refractivity contribution < 1.29 is 14.3 Å². The van der Waals surface area contributed by atoms with E-state index in [1.807, 2.05) is 10.8 Å².